The molecule has 0 aromatic heterocycles. The lowest BCUT2D eigenvalue weighted by atomic mass is 10.3. The minimum atomic E-state index is -3.90. The zero-order valence-corrected chi connectivity index (χ0v) is 14.7. The van der Waals surface area contributed by atoms with Gasteiger partial charge in [0.15, 0.2) is 0 Å². The third-order valence-corrected chi connectivity index (χ3v) is 5.32. The van der Waals surface area contributed by atoms with Crippen molar-refractivity contribution in [2.75, 3.05) is 11.8 Å². The van der Waals surface area contributed by atoms with Crippen LogP contribution in [0.25, 0.3) is 0 Å². The molecular weight excluding hydrogens is 429 g/mol. The summed E-state index contributed by atoms with van der Waals surface area (Å²) in [5, 5.41) is 0. The van der Waals surface area contributed by atoms with Crippen molar-refractivity contribution in [1.29, 1.82) is 0 Å². The predicted octanol–water partition coefficient (Wildman–Crippen LogP) is 4.16. The number of anilines is 1. The van der Waals surface area contributed by atoms with Crippen LogP contribution < -0.4 is 9.46 Å². The van der Waals surface area contributed by atoms with Crippen molar-refractivity contribution in [3.63, 3.8) is 0 Å². The SMILES string of the molecule is COc1ccc(Br)c(NS(=O)(=O)c2ccc(Br)c(F)c2)c1. The average Bonchev–Trinajstić information content (AvgIpc) is 2.44. The van der Waals surface area contributed by atoms with Crippen molar-refractivity contribution < 1.29 is 17.5 Å². The first-order chi connectivity index (χ1) is 9.83. The lowest BCUT2D eigenvalue weighted by molar-refractivity contribution is 0.415. The van der Waals surface area contributed by atoms with Gasteiger partial charge in [0, 0.05) is 10.5 Å². The molecule has 0 aliphatic heterocycles. The molecule has 4 nitrogen and oxygen atoms in total. The number of hydrogen-bond acceptors (Lipinski definition) is 3. The number of nitrogens with one attached hydrogen (secondary N) is 1. The van der Waals surface area contributed by atoms with Gasteiger partial charge in [0.1, 0.15) is 11.6 Å². The molecule has 0 fully saturated rings. The maximum Gasteiger partial charge on any atom is 0.262 e. The Morgan fingerprint density at radius 1 is 1.10 bits per heavy atom. The Morgan fingerprint density at radius 3 is 2.38 bits per heavy atom. The van der Waals surface area contributed by atoms with Gasteiger partial charge in [-0.3, -0.25) is 4.72 Å². The first-order valence-corrected chi connectivity index (χ1v) is 8.72. The van der Waals surface area contributed by atoms with Crippen LogP contribution in [-0.4, -0.2) is 15.5 Å². The lowest BCUT2D eigenvalue weighted by Gasteiger charge is -2.11. The van der Waals surface area contributed by atoms with Crippen molar-refractivity contribution in [3.8, 4) is 5.75 Å². The predicted molar refractivity (Wildman–Crippen MR) is 85.6 cm³/mol. The Labute approximate surface area is 138 Å². The van der Waals surface area contributed by atoms with Crippen LogP contribution in [0.2, 0.25) is 0 Å². The summed E-state index contributed by atoms with van der Waals surface area (Å²) in [4.78, 5) is -0.169. The molecule has 0 saturated carbocycles. The van der Waals surface area contributed by atoms with Crippen LogP contribution in [-0.2, 0) is 10.0 Å². The number of hydrogen-bond donors (Lipinski definition) is 1. The fourth-order valence-electron chi connectivity index (χ4n) is 1.56. The van der Waals surface area contributed by atoms with Gasteiger partial charge in [-0.1, -0.05) is 0 Å². The van der Waals surface area contributed by atoms with Gasteiger partial charge in [0.2, 0.25) is 0 Å². The van der Waals surface area contributed by atoms with E-state index in [4.69, 9.17) is 4.74 Å². The van der Waals surface area contributed by atoms with E-state index in [9.17, 15) is 12.8 Å². The largest absolute Gasteiger partial charge is 0.497 e. The first-order valence-electron chi connectivity index (χ1n) is 5.65. The minimum absolute atomic E-state index is 0.169. The molecule has 0 saturated heterocycles. The molecule has 2 aromatic carbocycles. The molecule has 21 heavy (non-hydrogen) atoms. The van der Waals surface area contributed by atoms with E-state index in [1.165, 1.54) is 25.3 Å². The van der Waals surface area contributed by atoms with Crippen molar-refractivity contribution in [2.24, 2.45) is 0 Å². The molecule has 0 bridgehead atoms. The number of benzene rings is 2. The number of ether oxygens (including phenoxy) is 1. The normalized spacial score (nSPS) is 11.2. The molecule has 2 rings (SSSR count). The highest BCUT2D eigenvalue weighted by molar-refractivity contribution is 9.10. The topological polar surface area (TPSA) is 55.4 Å². The smallest absolute Gasteiger partial charge is 0.262 e. The molecule has 1 N–H and O–H groups in total. The fourth-order valence-corrected chi connectivity index (χ4v) is 3.36. The molecule has 0 atom stereocenters. The van der Waals surface area contributed by atoms with E-state index >= 15 is 0 Å². The Morgan fingerprint density at radius 2 is 1.76 bits per heavy atom. The molecule has 0 amide bonds. The van der Waals surface area contributed by atoms with E-state index in [1.54, 1.807) is 12.1 Å². The standard InChI is InChI=1S/C13H10Br2FNO3S/c1-20-8-2-4-11(15)13(6-8)17-21(18,19)9-3-5-10(14)12(16)7-9/h2-7,17H,1H3. The van der Waals surface area contributed by atoms with Gasteiger partial charge in [0.05, 0.1) is 22.2 Å². The Kier molecular flexibility index (Phi) is 4.90. The zero-order valence-electron chi connectivity index (χ0n) is 10.7. The van der Waals surface area contributed by atoms with Gasteiger partial charge >= 0.3 is 0 Å². The minimum Gasteiger partial charge on any atom is -0.497 e. The molecule has 0 heterocycles. The molecule has 2 aromatic rings. The number of rotatable bonds is 4. The summed E-state index contributed by atoms with van der Waals surface area (Å²) in [7, 11) is -2.42. The second-order valence-electron chi connectivity index (χ2n) is 4.03. The molecule has 112 valence electrons. The molecule has 0 aliphatic carbocycles. The van der Waals surface area contributed by atoms with E-state index < -0.39 is 15.8 Å². The van der Waals surface area contributed by atoms with Crippen LogP contribution in [0.4, 0.5) is 10.1 Å². The number of halogens is 3. The van der Waals surface area contributed by atoms with Gasteiger partial charge in [-0.15, -0.1) is 0 Å². The number of sulfonamides is 1. The Hall–Kier alpha value is -1.12. The number of methoxy groups -OCH3 is 1. The van der Waals surface area contributed by atoms with Crippen molar-refractivity contribution in [3.05, 3.63) is 51.2 Å². The summed E-state index contributed by atoms with van der Waals surface area (Å²) in [6.45, 7) is 0. The van der Waals surface area contributed by atoms with E-state index in [-0.39, 0.29) is 9.37 Å². The van der Waals surface area contributed by atoms with Crippen LogP contribution in [0.3, 0.4) is 0 Å². The van der Waals surface area contributed by atoms with Gasteiger partial charge in [0.25, 0.3) is 10.0 Å². The van der Waals surface area contributed by atoms with E-state index in [0.717, 1.165) is 6.07 Å². The van der Waals surface area contributed by atoms with E-state index in [2.05, 4.69) is 36.6 Å². The Balaban J connectivity index is 2.39. The summed E-state index contributed by atoms with van der Waals surface area (Å²) in [5.41, 5.74) is 0.303. The van der Waals surface area contributed by atoms with Crippen LogP contribution >= 0.6 is 31.9 Å². The second kappa shape index (κ2) is 6.33. The summed E-state index contributed by atoms with van der Waals surface area (Å²) < 4.78 is 46.2. The van der Waals surface area contributed by atoms with Crippen molar-refractivity contribution in [2.45, 2.75) is 4.90 Å². The van der Waals surface area contributed by atoms with Gasteiger partial charge in [-0.05, 0) is 62.2 Å². The third kappa shape index (κ3) is 3.75. The maximum atomic E-state index is 13.5. The molecule has 0 spiro atoms. The molecule has 0 aliphatic rings. The maximum absolute atomic E-state index is 13.5. The van der Waals surface area contributed by atoms with Crippen LogP contribution in [0.15, 0.2) is 50.2 Å². The highest BCUT2D eigenvalue weighted by Crippen LogP contribution is 2.29. The lowest BCUT2D eigenvalue weighted by Crippen LogP contribution is -2.13. The van der Waals surface area contributed by atoms with Gasteiger partial charge in [-0.25, -0.2) is 12.8 Å². The molecular formula is C13H10Br2FNO3S. The quantitative estimate of drug-likeness (QED) is 0.779. The highest BCUT2D eigenvalue weighted by atomic mass is 79.9. The van der Waals surface area contributed by atoms with Crippen LogP contribution in [0, 0.1) is 5.82 Å². The van der Waals surface area contributed by atoms with Gasteiger partial charge in [-0.2, -0.15) is 0 Å². The molecule has 8 heteroatoms. The summed E-state index contributed by atoms with van der Waals surface area (Å²) >= 11 is 6.23. The van der Waals surface area contributed by atoms with Crippen LogP contribution in [0.5, 0.6) is 5.75 Å². The summed E-state index contributed by atoms with van der Waals surface area (Å²) in [6, 6.07) is 8.45. The highest BCUT2D eigenvalue weighted by Gasteiger charge is 2.17. The fraction of sp³-hybridized carbons (Fsp3) is 0.0769. The monoisotopic (exact) mass is 437 g/mol. The molecule has 0 radical (unpaired) electrons. The van der Waals surface area contributed by atoms with E-state index in [1.807, 2.05) is 0 Å². The van der Waals surface area contributed by atoms with Gasteiger partial charge < -0.3 is 4.74 Å². The zero-order chi connectivity index (χ0) is 15.6. The Bertz CT molecular complexity index is 781. The van der Waals surface area contributed by atoms with E-state index in [0.29, 0.717) is 15.9 Å². The summed E-state index contributed by atoms with van der Waals surface area (Å²) in [5.74, 6) is -0.152. The first kappa shape index (κ1) is 16.3. The third-order valence-electron chi connectivity index (χ3n) is 2.62. The summed E-state index contributed by atoms with van der Waals surface area (Å²) in [6.07, 6.45) is 0. The van der Waals surface area contributed by atoms with Crippen molar-refractivity contribution >= 4 is 47.6 Å². The van der Waals surface area contributed by atoms with Crippen LogP contribution in [0.1, 0.15) is 0 Å². The second-order valence-corrected chi connectivity index (χ2v) is 7.42. The molecule has 0 unspecified atom stereocenters. The average molecular weight is 439 g/mol. The van der Waals surface area contributed by atoms with Crippen molar-refractivity contribution in [1.82, 2.24) is 0 Å².